The van der Waals surface area contributed by atoms with Crippen LogP contribution in [0.2, 0.25) is 0 Å². The van der Waals surface area contributed by atoms with Crippen molar-refractivity contribution in [3.63, 3.8) is 0 Å². The number of ether oxygens (including phenoxy) is 1. The van der Waals surface area contributed by atoms with Gasteiger partial charge in [-0.15, -0.1) is 0 Å². The van der Waals surface area contributed by atoms with Gasteiger partial charge in [-0.25, -0.2) is 0 Å². The van der Waals surface area contributed by atoms with Crippen LogP contribution in [0.25, 0.3) is 0 Å². The van der Waals surface area contributed by atoms with E-state index in [-0.39, 0.29) is 13.0 Å². The Labute approximate surface area is 101 Å². The van der Waals surface area contributed by atoms with Crippen molar-refractivity contribution in [3.8, 4) is 5.75 Å². The Hall–Kier alpha value is -1.28. The first-order valence-electron chi connectivity index (χ1n) is 5.02. The van der Waals surface area contributed by atoms with Crippen molar-refractivity contribution in [2.75, 3.05) is 6.61 Å². The Bertz CT molecular complexity index is 538. The maximum Gasteiger partial charge on any atom is 0.523 e. The molecule has 0 radical (unpaired) electrons. The Balaban J connectivity index is 2.28. The minimum atomic E-state index is -5.60. The van der Waals surface area contributed by atoms with Crippen molar-refractivity contribution >= 4 is 10.1 Å². The van der Waals surface area contributed by atoms with E-state index in [1.807, 2.05) is 0 Å². The Morgan fingerprint density at radius 1 is 1.28 bits per heavy atom. The van der Waals surface area contributed by atoms with Crippen molar-refractivity contribution in [1.82, 2.24) is 0 Å². The van der Waals surface area contributed by atoms with Crippen LogP contribution in [-0.2, 0) is 14.3 Å². The van der Waals surface area contributed by atoms with E-state index in [9.17, 15) is 21.6 Å². The summed E-state index contributed by atoms with van der Waals surface area (Å²) in [6.07, 6.45) is -1.12. The zero-order valence-electron chi connectivity index (χ0n) is 8.98. The molecule has 1 aromatic rings. The fraction of sp³-hybridized carbons (Fsp3) is 0.400. The van der Waals surface area contributed by atoms with Crippen LogP contribution in [0.4, 0.5) is 13.2 Å². The van der Waals surface area contributed by atoms with E-state index in [4.69, 9.17) is 4.74 Å². The van der Waals surface area contributed by atoms with Crippen molar-refractivity contribution in [2.45, 2.75) is 18.0 Å². The first-order chi connectivity index (χ1) is 8.31. The van der Waals surface area contributed by atoms with E-state index in [1.54, 1.807) is 18.2 Å². The van der Waals surface area contributed by atoms with Crippen LogP contribution in [0, 0.1) is 0 Å². The molecule has 0 aliphatic carbocycles. The minimum Gasteiger partial charge on any atom is -0.493 e. The summed E-state index contributed by atoms with van der Waals surface area (Å²) >= 11 is 0. The molecule has 0 saturated heterocycles. The molecule has 1 aromatic carbocycles. The van der Waals surface area contributed by atoms with Gasteiger partial charge in [0.25, 0.3) is 0 Å². The number of halogens is 3. The van der Waals surface area contributed by atoms with Crippen LogP contribution in [0.1, 0.15) is 18.1 Å². The average molecular weight is 282 g/mol. The van der Waals surface area contributed by atoms with Crippen LogP contribution in [-0.4, -0.2) is 20.5 Å². The van der Waals surface area contributed by atoms with E-state index in [0.29, 0.717) is 11.3 Å². The summed E-state index contributed by atoms with van der Waals surface area (Å²) in [7, 11) is -5.60. The molecule has 100 valence electrons. The van der Waals surface area contributed by atoms with Gasteiger partial charge < -0.3 is 4.74 Å². The summed E-state index contributed by atoms with van der Waals surface area (Å²) in [6.45, 7) is 0.106. The van der Waals surface area contributed by atoms with Gasteiger partial charge in [-0.3, -0.25) is 4.18 Å². The van der Waals surface area contributed by atoms with E-state index in [0.717, 1.165) is 0 Å². The first kappa shape index (κ1) is 13.2. The van der Waals surface area contributed by atoms with Crippen molar-refractivity contribution in [3.05, 3.63) is 29.8 Å². The lowest BCUT2D eigenvalue weighted by molar-refractivity contribution is -0.0587. The van der Waals surface area contributed by atoms with Crippen LogP contribution < -0.4 is 4.74 Å². The standard InChI is InChI=1S/C10H9F3O4S/c11-10(12,13)18(14,15)17-9-5-6-16-8-4-2-1-3-7(8)9/h1-4,9H,5-6H2. The molecule has 1 aliphatic rings. The fourth-order valence-electron chi connectivity index (χ4n) is 1.62. The van der Waals surface area contributed by atoms with E-state index < -0.39 is 21.7 Å². The van der Waals surface area contributed by atoms with Crippen LogP contribution >= 0.6 is 0 Å². The third-order valence-corrected chi connectivity index (χ3v) is 3.48. The molecule has 1 heterocycles. The van der Waals surface area contributed by atoms with Crippen LogP contribution in [0.5, 0.6) is 5.75 Å². The van der Waals surface area contributed by atoms with Gasteiger partial charge in [0.15, 0.2) is 0 Å². The highest BCUT2D eigenvalue weighted by Crippen LogP contribution is 2.38. The van der Waals surface area contributed by atoms with Crippen LogP contribution in [0.3, 0.4) is 0 Å². The summed E-state index contributed by atoms with van der Waals surface area (Å²) in [5.41, 5.74) is -5.11. The summed E-state index contributed by atoms with van der Waals surface area (Å²) in [4.78, 5) is 0. The topological polar surface area (TPSA) is 52.6 Å². The third-order valence-electron chi connectivity index (χ3n) is 2.43. The first-order valence-corrected chi connectivity index (χ1v) is 6.43. The summed E-state index contributed by atoms with van der Waals surface area (Å²) in [5, 5.41) is 0. The molecule has 0 amide bonds. The normalized spacial score (nSPS) is 20.1. The number of hydrogen-bond donors (Lipinski definition) is 0. The smallest absolute Gasteiger partial charge is 0.493 e. The molecule has 1 atom stereocenters. The van der Waals surface area contributed by atoms with Gasteiger partial charge in [-0.2, -0.15) is 21.6 Å². The molecule has 1 unspecified atom stereocenters. The number of rotatable bonds is 2. The van der Waals surface area contributed by atoms with Crippen molar-refractivity contribution in [2.24, 2.45) is 0 Å². The number of fused-ring (bicyclic) bond motifs is 1. The molecular formula is C10H9F3O4S. The highest BCUT2D eigenvalue weighted by atomic mass is 32.2. The van der Waals surface area contributed by atoms with Gasteiger partial charge >= 0.3 is 15.6 Å². The largest absolute Gasteiger partial charge is 0.523 e. The minimum absolute atomic E-state index is 0.0479. The van der Waals surface area contributed by atoms with Crippen molar-refractivity contribution in [1.29, 1.82) is 0 Å². The number of alkyl halides is 3. The number of hydrogen-bond acceptors (Lipinski definition) is 4. The quantitative estimate of drug-likeness (QED) is 0.617. The molecule has 8 heteroatoms. The van der Waals surface area contributed by atoms with E-state index >= 15 is 0 Å². The zero-order valence-corrected chi connectivity index (χ0v) is 9.79. The molecular weight excluding hydrogens is 273 g/mol. The van der Waals surface area contributed by atoms with Gasteiger partial charge in [0.2, 0.25) is 0 Å². The molecule has 18 heavy (non-hydrogen) atoms. The van der Waals surface area contributed by atoms with Crippen molar-refractivity contribution < 1.29 is 30.5 Å². The van der Waals surface area contributed by atoms with Gasteiger partial charge in [0, 0.05) is 12.0 Å². The summed E-state index contributed by atoms with van der Waals surface area (Å²) in [5.74, 6) is 0.339. The molecule has 1 aliphatic heterocycles. The van der Waals surface area contributed by atoms with Gasteiger partial charge in [-0.05, 0) is 6.07 Å². The predicted octanol–water partition coefficient (Wildman–Crippen LogP) is 2.38. The number of benzene rings is 1. The van der Waals surface area contributed by atoms with Crippen LogP contribution in [0.15, 0.2) is 24.3 Å². The highest BCUT2D eigenvalue weighted by Gasteiger charge is 2.49. The molecule has 4 nitrogen and oxygen atoms in total. The zero-order chi connectivity index (χ0) is 13.4. The molecule has 0 aromatic heterocycles. The molecule has 0 N–H and O–H groups in total. The molecule has 0 bridgehead atoms. The second-order valence-electron chi connectivity index (χ2n) is 3.66. The Morgan fingerprint density at radius 3 is 2.61 bits per heavy atom. The average Bonchev–Trinajstić information content (AvgIpc) is 2.27. The summed E-state index contributed by atoms with van der Waals surface area (Å²) < 4.78 is 68.0. The highest BCUT2D eigenvalue weighted by molar-refractivity contribution is 7.87. The SMILES string of the molecule is O=S(=O)(OC1CCOc2ccccc21)C(F)(F)F. The lowest BCUT2D eigenvalue weighted by Gasteiger charge is -2.25. The number of para-hydroxylation sites is 1. The van der Waals surface area contributed by atoms with E-state index in [2.05, 4.69) is 4.18 Å². The maximum absolute atomic E-state index is 12.2. The lowest BCUT2D eigenvalue weighted by Crippen LogP contribution is -2.29. The van der Waals surface area contributed by atoms with Gasteiger partial charge in [-0.1, -0.05) is 18.2 Å². The Morgan fingerprint density at radius 2 is 1.94 bits per heavy atom. The van der Waals surface area contributed by atoms with E-state index in [1.165, 1.54) is 6.07 Å². The lowest BCUT2D eigenvalue weighted by atomic mass is 10.0. The van der Waals surface area contributed by atoms with Gasteiger partial charge in [0.1, 0.15) is 11.9 Å². The fourth-order valence-corrected chi connectivity index (χ4v) is 2.23. The second-order valence-corrected chi connectivity index (χ2v) is 5.22. The molecule has 0 saturated carbocycles. The monoisotopic (exact) mass is 282 g/mol. The second kappa shape index (κ2) is 4.43. The summed E-state index contributed by atoms with van der Waals surface area (Å²) in [6, 6.07) is 6.24. The molecule has 2 rings (SSSR count). The van der Waals surface area contributed by atoms with Gasteiger partial charge in [0.05, 0.1) is 6.61 Å². The molecule has 0 spiro atoms. The Kier molecular flexibility index (Phi) is 3.24. The molecule has 0 fully saturated rings. The third kappa shape index (κ3) is 2.44. The maximum atomic E-state index is 12.2. The predicted molar refractivity (Wildman–Crippen MR) is 55.4 cm³/mol.